The fraction of sp³-hybridized carbons (Fsp3) is 0.250. The number of aryl methyl sites for hydroxylation is 2. The smallest absolute Gasteiger partial charge is 0.195 e. The highest BCUT2D eigenvalue weighted by atomic mass is 19.1. The van der Waals surface area contributed by atoms with Crippen molar-refractivity contribution in [3.8, 4) is 5.75 Å². The van der Waals surface area contributed by atoms with Crippen molar-refractivity contribution < 1.29 is 13.5 Å². The molecule has 0 saturated heterocycles. The number of halogens is 1. The fourth-order valence-corrected chi connectivity index (χ4v) is 2.55. The van der Waals surface area contributed by atoms with E-state index in [2.05, 4.69) is 17.1 Å². The van der Waals surface area contributed by atoms with Gasteiger partial charge in [-0.25, -0.2) is 9.37 Å². The number of rotatable bonds is 8. The highest BCUT2D eigenvalue weighted by Crippen LogP contribution is 2.23. The van der Waals surface area contributed by atoms with Crippen LogP contribution in [0.1, 0.15) is 17.9 Å². The molecule has 5 heteroatoms. The van der Waals surface area contributed by atoms with Gasteiger partial charge in [0.25, 0.3) is 0 Å². The van der Waals surface area contributed by atoms with Crippen LogP contribution in [0, 0.1) is 0 Å². The first kappa shape index (κ1) is 17.2. The lowest BCUT2D eigenvalue weighted by atomic mass is 10.1. The minimum Gasteiger partial charge on any atom is -0.489 e. The Morgan fingerprint density at radius 2 is 2.00 bits per heavy atom. The molecule has 0 saturated carbocycles. The monoisotopic (exact) mass is 340 g/mol. The summed E-state index contributed by atoms with van der Waals surface area (Å²) in [7, 11) is 0. The van der Waals surface area contributed by atoms with E-state index >= 15 is 0 Å². The van der Waals surface area contributed by atoms with E-state index in [1.165, 1.54) is 5.56 Å². The molecular weight excluding hydrogens is 319 g/mol. The van der Waals surface area contributed by atoms with Crippen LogP contribution in [0.2, 0.25) is 0 Å². The summed E-state index contributed by atoms with van der Waals surface area (Å²) in [5.74, 6) is 1.32. The number of hydrogen-bond donors (Lipinski definition) is 1. The number of benzene rings is 2. The summed E-state index contributed by atoms with van der Waals surface area (Å²) in [6, 6.07) is 15.8. The van der Waals surface area contributed by atoms with Gasteiger partial charge in [0.2, 0.25) is 0 Å². The lowest BCUT2D eigenvalue weighted by molar-refractivity contribution is 0.347. The summed E-state index contributed by atoms with van der Waals surface area (Å²) < 4.78 is 23.8. The van der Waals surface area contributed by atoms with Crippen LogP contribution in [0.3, 0.4) is 0 Å². The van der Waals surface area contributed by atoms with Crippen LogP contribution in [0.15, 0.2) is 64.9 Å². The number of nitrogens with zero attached hydrogens (tertiary/aromatic N) is 1. The number of hydrogen-bond acceptors (Lipinski definition) is 4. The Labute approximate surface area is 146 Å². The van der Waals surface area contributed by atoms with Crippen molar-refractivity contribution in [2.24, 2.45) is 5.73 Å². The Hall–Kier alpha value is -2.66. The van der Waals surface area contributed by atoms with Crippen molar-refractivity contribution >= 4 is 11.1 Å². The zero-order chi connectivity index (χ0) is 17.5. The number of aromatic nitrogens is 1. The molecular formula is C20H21FN2O2. The van der Waals surface area contributed by atoms with Gasteiger partial charge in [0.15, 0.2) is 11.5 Å². The van der Waals surface area contributed by atoms with E-state index in [4.69, 9.17) is 14.9 Å². The summed E-state index contributed by atoms with van der Waals surface area (Å²) in [5.41, 5.74) is 8.59. The lowest BCUT2D eigenvalue weighted by Gasteiger charge is -2.06. The Morgan fingerprint density at radius 1 is 1.16 bits per heavy atom. The molecule has 0 unspecified atom stereocenters. The summed E-state index contributed by atoms with van der Waals surface area (Å²) in [5, 5.41) is 0. The van der Waals surface area contributed by atoms with E-state index in [0.717, 1.165) is 30.7 Å². The van der Waals surface area contributed by atoms with Gasteiger partial charge in [0.05, 0.1) is 6.33 Å². The molecule has 0 radical (unpaired) electrons. The maximum atomic E-state index is 12.5. The van der Waals surface area contributed by atoms with Gasteiger partial charge in [-0.1, -0.05) is 30.3 Å². The number of fused-ring (bicyclic) bond motifs is 1. The van der Waals surface area contributed by atoms with E-state index in [0.29, 0.717) is 23.2 Å². The highest BCUT2D eigenvalue weighted by molar-refractivity contribution is 5.74. The summed E-state index contributed by atoms with van der Waals surface area (Å²) in [4.78, 5) is 4.50. The molecule has 0 aliphatic heterocycles. The fourth-order valence-electron chi connectivity index (χ4n) is 2.55. The van der Waals surface area contributed by atoms with Crippen molar-refractivity contribution in [2.75, 3.05) is 13.2 Å². The van der Waals surface area contributed by atoms with E-state index in [1.807, 2.05) is 24.3 Å². The first-order chi connectivity index (χ1) is 12.3. The molecule has 130 valence electrons. The molecule has 0 aliphatic rings. The minimum absolute atomic E-state index is 0.122. The van der Waals surface area contributed by atoms with Crippen LogP contribution in [0.5, 0.6) is 5.75 Å². The van der Waals surface area contributed by atoms with Crippen molar-refractivity contribution in [1.82, 2.24) is 4.98 Å². The molecule has 0 fully saturated rings. The Morgan fingerprint density at radius 3 is 2.76 bits per heavy atom. The van der Waals surface area contributed by atoms with E-state index in [1.54, 1.807) is 12.1 Å². The Kier molecular flexibility index (Phi) is 5.80. The van der Waals surface area contributed by atoms with Crippen LogP contribution >= 0.6 is 0 Å². The molecule has 4 nitrogen and oxygen atoms in total. The molecule has 0 amide bonds. The van der Waals surface area contributed by atoms with Crippen LogP contribution in [-0.2, 0) is 12.8 Å². The van der Waals surface area contributed by atoms with Crippen molar-refractivity contribution in [3.63, 3.8) is 0 Å². The first-order valence-corrected chi connectivity index (χ1v) is 8.33. The van der Waals surface area contributed by atoms with Gasteiger partial charge in [-0.15, -0.1) is 0 Å². The van der Waals surface area contributed by atoms with Gasteiger partial charge in [0.1, 0.15) is 17.9 Å². The number of oxazole rings is 1. The van der Waals surface area contributed by atoms with Gasteiger partial charge in [-0.3, -0.25) is 0 Å². The zero-order valence-electron chi connectivity index (χ0n) is 14.0. The highest BCUT2D eigenvalue weighted by Gasteiger charge is 2.08. The molecule has 3 aromatic rings. The largest absolute Gasteiger partial charge is 0.489 e. The second kappa shape index (κ2) is 8.44. The summed E-state index contributed by atoms with van der Waals surface area (Å²) in [6.07, 6.45) is 3.23. The van der Waals surface area contributed by atoms with Crippen molar-refractivity contribution in [1.29, 1.82) is 0 Å². The predicted octanol–water partition coefficient (Wildman–Crippen LogP) is 4.19. The SMILES string of the molecule is NC/C(=C\F)COc1ccc2nc(CCCc3ccccc3)oc2c1. The van der Waals surface area contributed by atoms with Crippen LogP contribution in [0.25, 0.3) is 11.1 Å². The molecule has 1 heterocycles. The van der Waals surface area contributed by atoms with E-state index in [9.17, 15) is 4.39 Å². The second-order valence-corrected chi connectivity index (χ2v) is 5.84. The molecule has 3 rings (SSSR count). The average molecular weight is 340 g/mol. The van der Waals surface area contributed by atoms with Crippen molar-refractivity contribution in [2.45, 2.75) is 19.3 Å². The predicted molar refractivity (Wildman–Crippen MR) is 96.2 cm³/mol. The van der Waals surface area contributed by atoms with E-state index < -0.39 is 0 Å². The maximum Gasteiger partial charge on any atom is 0.195 e. The van der Waals surface area contributed by atoms with Crippen molar-refractivity contribution in [3.05, 3.63) is 71.9 Å². The Bertz CT molecular complexity index is 843. The third-order valence-electron chi connectivity index (χ3n) is 3.94. The number of ether oxygens (including phenoxy) is 1. The summed E-state index contributed by atoms with van der Waals surface area (Å²) in [6.45, 7) is 0.253. The van der Waals surface area contributed by atoms with Gasteiger partial charge in [-0.05, 0) is 30.5 Å². The Balaban J connectivity index is 1.60. The topological polar surface area (TPSA) is 61.3 Å². The van der Waals surface area contributed by atoms with Gasteiger partial charge in [-0.2, -0.15) is 0 Å². The lowest BCUT2D eigenvalue weighted by Crippen LogP contribution is -2.10. The molecule has 2 aromatic carbocycles. The standard InChI is InChI=1S/C20H21FN2O2/c21-12-16(13-22)14-24-17-9-10-18-19(11-17)25-20(23-18)8-4-7-15-5-2-1-3-6-15/h1-3,5-6,9-12H,4,7-8,13-14,22H2/b16-12+. The van der Waals surface area contributed by atoms with Gasteiger partial charge >= 0.3 is 0 Å². The molecule has 1 aromatic heterocycles. The molecule has 2 N–H and O–H groups in total. The maximum absolute atomic E-state index is 12.5. The minimum atomic E-state index is 0.122. The molecule has 0 atom stereocenters. The molecule has 0 aliphatic carbocycles. The van der Waals surface area contributed by atoms with Crippen LogP contribution < -0.4 is 10.5 Å². The van der Waals surface area contributed by atoms with Gasteiger partial charge < -0.3 is 14.9 Å². The van der Waals surface area contributed by atoms with Crippen LogP contribution in [-0.4, -0.2) is 18.1 Å². The zero-order valence-corrected chi connectivity index (χ0v) is 14.0. The van der Waals surface area contributed by atoms with E-state index in [-0.39, 0.29) is 13.2 Å². The van der Waals surface area contributed by atoms with Crippen LogP contribution in [0.4, 0.5) is 4.39 Å². The third-order valence-corrected chi connectivity index (χ3v) is 3.94. The average Bonchev–Trinajstić information content (AvgIpc) is 3.05. The molecule has 0 bridgehead atoms. The quantitative estimate of drug-likeness (QED) is 0.668. The first-order valence-electron chi connectivity index (χ1n) is 8.33. The second-order valence-electron chi connectivity index (χ2n) is 5.84. The third kappa shape index (κ3) is 4.67. The molecule has 25 heavy (non-hydrogen) atoms. The van der Waals surface area contributed by atoms with Gasteiger partial charge in [0, 0.05) is 24.6 Å². The normalized spacial score (nSPS) is 11.8. The number of nitrogens with two attached hydrogens (primary N) is 1. The summed E-state index contributed by atoms with van der Waals surface area (Å²) >= 11 is 0. The molecule has 0 spiro atoms.